The lowest BCUT2D eigenvalue weighted by molar-refractivity contribution is -0.384. The molecule has 1 aromatic carbocycles. The van der Waals surface area contributed by atoms with Gasteiger partial charge in [0.2, 0.25) is 0 Å². The summed E-state index contributed by atoms with van der Waals surface area (Å²) in [6.07, 6.45) is 2.73. The minimum atomic E-state index is -0.477. The summed E-state index contributed by atoms with van der Waals surface area (Å²) in [5.74, 6) is 0.101. The largest absolute Gasteiger partial charge is 0.426 e. The molecule has 1 aliphatic rings. The zero-order chi connectivity index (χ0) is 11.5. The summed E-state index contributed by atoms with van der Waals surface area (Å²) in [4.78, 5) is 21.2. The Balaban J connectivity index is 2.33. The first-order chi connectivity index (χ1) is 7.66. The number of rotatable bonds is 2. The normalized spacial score (nSPS) is 15.2. The molecule has 1 aromatic rings. The quantitative estimate of drug-likeness (QED) is 0.434. The number of benzene rings is 1. The highest BCUT2D eigenvalue weighted by atomic mass is 16.6. The number of nitro benzene ring substituents is 1. The fourth-order valence-electron chi connectivity index (χ4n) is 1.49. The summed E-state index contributed by atoms with van der Waals surface area (Å²) >= 11 is 0. The molecule has 1 heterocycles. The number of carbonyl (C=O) groups excluding carboxylic acids is 1. The van der Waals surface area contributed by atoms with Crippen LogP contribution >= 0.6 is 0 Å². The molecule has 0 fully saturated rings. The molecule has 0 aromatic heterocycles. The third kappa shape index (κ3) is 2.08. The van der Waals surface area contributed by atoms with E-state index in [2.05, 4.69) is 0 Å². The molecule has 0 amide bonds. The number of nitro groups is 1. The van der Waals surface area contributed by atoms with Gasteiger partial charge in [0.25, 0.3) is 5.69 Å². The van der Waals surface area contributed by atoms with Crippen molar-refractivity contribution in [1.82, 2.24) is 0 Å². The van der Waals surface area contributed by atoms with Crippen LogP contribution in [0.3, 0.4) is 0 Å². The average Bonchev–Trinajstić information content (AvgIpc) is 2.29. The lowest BCUT2D eigenvalue weighted by Gasteiger charge is -2.12. The predicted octanol–water partition coefficient (Wildman–Crippen LogP) is 2.27. The van der Waals surface area contributed by atoms with E-state index in [0.717, 1.165) is 0 Å². The maximum absolute atomic E-state index is 11.1. The molecule has 0 spiro atoms. The molecular weight excluding hydrogens is 210 g/mol. The Morgan fingerprint density at radius 3 is 2.88 bits per heavy atom. The van der Waals surface area contributed by atoms with Gasteiger partial charge in [0.05, 0.1) is 4.92 Å². The molecule has 0 bridgehead atoms. The van der Waals surface area contributed by atoms with Crippen LogP contribution < -0.4 is 0 Å². The van der Waals surface area contributed by atoms with Gasteiger partial charge >= 0.3 is 5.97 Å². The summed E-state index contributed by atoms with van der Waals surface area (Å²) in [6.45, 7) is 0. The first-order valence-corrected chi connectivity index (χ1v) is 4.82. The molecule has 0 N–H and O–H groups in total. The molecule has 82 valence electrons. The van der Waals surface area contributed by atoms with E-state index in [1.54, 1.807) is 18.2 Å². The number of hydrogen-bond acceptors (Lipinski definition) is 4. The summed E-state index contributed by atoms with van der Waals surface area (Å²) < 4.78 is 5.01. The van der Waals surface area contributed by atoms with Gasteiger partial charge in [-0.05, 0) is 12.5 Å². The van der Waals surface area contributed by atoms with Crippen LogP contribution in [0.1, 0.15) is 18.4 Å². The van der Waals surface area contributed by atoms with Crippen molar-refractivity contribution in [2.75, 3.05) is 0 Å². The highest BCUT2D eigenvalue weighted by molar-refractivity contribution is 5.80. The van der Waals surface area contributed by atoms with Crippen molar-refractivity contribution in [3.63, 3.8) is 0 Å². The van der Waals surface area contributed by atoms with Crippen molar-refractivity contribution < 1.29 is 14.5 Å². The van der Waals surface area contributed by atoms with E-state index in [4.69, 9.17) is 4.74 Å². The van der Waals surface area contributed by atoms with Gasteiger partial charge in [0, 0.05) is 24.1 Å². The molecule has 2 rings (SSSR count). The van der Waals surface area contributed by atoms with Gasteiger partial charge in [-0.2, -0.15) is 0 Å². The van der Waals surface area contributed by atoms with Gasteiger partial charge in [0.1, 0.15) is 5.76 Å². The second-order valence-electron chi connectivity index (χ2n) is 3.39. The van der Waals surface area contributed by atoms with E-state index in [0.29, 0.717) is 24.2 Å². The Morgan fingerprint density at radius 1 is 1.38 bits per heavy atom. The van der Waals surface area contributed by atoms with Crippen molar-refractivity contribution in [3.05, 3.63) is 46.0 Å². The molecule has 5 nitrogen and oxygen atoms in total. The topological polar surface area (TPSA) is 69.4 Å². The third-order valence-corrected chi connectivity index (χ3v) is 2.24. The molecular formula is C11H9NO4. The molecule has 0 aliphatic carbocycles. The van der Waals surface area contributed by atoms with Gasteiger partial charge in [-0.3, -0.25) is 14.9 Å². The zero-order valence-corrected chi connectivity index (χ0v) is 8.38. The van der Waals surface area contributed by atoms with Crippen LogP contribution in [0.5, 0.6) is 0 Å². The lowest BCUT2D eigenvalue weighted by Crippen LogP contribution is -2.08. The summed E-state index contributed by atoms with van der Waals surface area (Å²) in [5, 5.41) is 10.6. The minimum absolute atomic E-state index is 0.0139. The van der Waals surface area contributed by atoms with E-state index < -0.39 is 4.92 Å². The SMILES string of the molecule is O=C1CCC=C(c2cccc([N+](=O)[O-])c2)O1. The average molecular weight is 219 g/mol. The van der Waals surface area contributed by atoms with Crippen LogP contribution in [-0.4, -0.2) is 10.9 Å². The van der Waals surface area contributed by atoms with E-state index in [9.17, 15) is 14.9 Å². The number of esters is 1. The van der Waals surface area contributed by atoms with E-state index in [1.807, 2.05) is 0 Å². The summed E-state index contributed by atoms with van der Waals surface area (Å²) in [5.41, 5.74) is 0.544. The number of allylic oxidation sites excluding steroid dienone is 1. The second kappa shape index (κ2) is 4.14. The highest BCUT2D eigenvalue weighted by Crippen LogP contribution is 2.24. The van der Waals surface area contributed by atoms with Gasteiger partial charge in [0.15, 0.2) is 0 Å². The number of hydrogen-bond donors (Lipinski definition) is 0. The first-order valence-electron chi connectivity index (χ1n) is 4.82. The summed E-state index contributed by atoms with van der Waals surface area (Å²) in [6, 6.07) is 6.04. The van der Waals surface area contributed by atoms with Gasteiger partial charge < -0.3 is 4.74 Å². The monoisotopic (exact) mass is 219 g/mol. The van der Waals surface area contributed by atoms with Gasteiger partial charge in [-0.25, -0.2) is 0 Å². The standard InChI is InChI=1S/C11H9NO4/c13-11-6-2-5-10(16-11)8-3-1-4-9(7-8)12(14)15/h1,3-5,7H,2,6H2. The Kier molecular flexibility index (Phi) is 2.68. The van der Waals surface area contributed by atoms with Crippen molar-refractivity contribution in [3.8, 4) is 0 Å². The molecule has 0 saturated carbocycles. The molecule has 16 heavy (non-hydrogen) atoms. The van der Waals surface area contributed by atoms with Crippen LogP contribution in [0.25, 0.3) is 5.76 Å². The maximum Gasteiger partial charge on any atom is 0.311 e. The predicted molar refractivity (Wildman–Crippen MR) is 56.4 cm³/mol. The van der Waals surface area contributed by atoms with Crippen molar-refractivity contribution >= 4 is 17.4 Å². The highest BCUT2D eigenvalue weighted by Gasteiger charge is 2.16. The van der Waals surface area contributed by atoms with Crippen LogP contribution in [0.15, 0.2) is 30.3 Å². The van der Waals surface area contributed by atoms with Crippen LogP contribution in [-0.2, 0) is 9.53 Å². The van der Waals surface area contributed by atoms with Crippen molar-refractivity contribution in [1.29, 1.82) is 0 Å². The van der Waals surface area contributed by atoms with Crippen molar-refractivity contribution in [2.24, 2.45) is 0 Å². The molecule has 0 radical (unpaired) electrons. The molecule has 0 atom stereocenters. The molecule has 0 unspecified atom stereocenters. The zero-order valence-electron chi connectivity index (χ0n) is 8.38. The van der Waals surface area contributed by atoms with E-state index >= 15 is 0 Å². The van der Waals surface area contributed by atoms with E-state index in [-0.39, 0.29) is 11.7 Å². The maximum atomic E-state index is 11.1. The second-order valence-corrected chi connectivity index (χ2v) is 3.39. The fourth-order valence-corrected chi connectivity index (χ4v) is 1.49. The van der Waals surface area contributed by atoms with Gasteiger partial charge in [-0.15, -0.1) is 0 Å². The Hall–Kier alpha value is -2.17. The summed E-state index contributed by atoms with van der Waals surface area (Å²) in [7, 11) is 0. The number of non-ortho nitro benzene ring substituents is 1. The number of cyclic esters (lactones) is 1. The molecule has 0 saturated heterocycles. The molecule has 5 heteroatoms. The number of carbonyl (C=O) groups is 1. The minimum Gasteiger partial charge on any atom is -0.426 e. The Bertz CT molecular complexity index is 479. The fraction of sp³-hybridized carbons (Fsp3) is 0.182. The Labute approximate surface area is 91.5 Å². The van der Waals surface area contributed by atoms with E-state index in [1.165, 1.54) is 12.1 Å². The van der Waals surface area contributed by atoms with Gasteiger partial charge in [-0.1, -0.05) is 12.1 Å². The smallest absolute Gasteiger partial charge is 0.311 e. The molecule has 1 aliphatic heterocycles. The number of ether oxygens (including phenoxy) is 1. The van der Waals surface area contributed by atoms with Crippen molar-refractivity contribution in [2.45, 2.75) is 12.8 Å². The van der Waals surface area contributed by atoms with Crippen LogP contribution in [0.4, 0.5) is 5.69 Å². The lowest BCUT2D eigenvalue weighted by atomic mass is 10.1. The Morgan fingerprint density at radius 2 is 2.19 bits per heavy atom. The first kappa shape index (κ1) is 10.4. The number of nitrogens with zero attached hydrogens (tertiary/aromatic N) is 1. The van der Waals surface area contributed by atoms with Crippen LogP contribution in [0.2, 0.25) is 0 Å². The van der Waals surface area contributed by atoms with Crippen LogP contribution in [0, 0.1) is 10.1 Å². The third-order valence-electron chi connectivity index (χ3n) is 2.24.